The number of nitrogens with one attached hydrogen (secondary N) is 2. The smallest absolute Gasteiger partial charge is 0.229 e. The maximum absolute atomic E-state index is 12.7. The molecule has 1 aliphatic rings. The van der Waals surface area contributed by atoms with Gasteiger partial charge in [-0.15, -0.1) is 10.2 Å². The van der Waals surface area contributed by atoms with Crippen LogP contribution in [0.25, 0.3) is 11.4 Å². The van der Waals surface area contributed by atoms with Gasteiger partial charge in [0.1, 0.15) is 0 Å². The Kier molecular flexibility index (Phi) is 5.17. The largest absolute Gasteiger partial charge is 0.309 e. The molecule has 1 fully saturated rings. The quantitative estimate of drug-likeness (QED) is 0.474. The molecule has 2 amide bonds. The van der Waals surface area contributed by atoms with Crippen molar-refractivity contribution in [1.29, 1.82) is 0 Å². The van der Waals surface area contributed by atoms with E-state index >= 15 is 0 Å². The van der Waals surface area contributed by atoms with Crippen molar-refractivity contribution in [2.75, 3.05) is 10.6 Å². The number of hydrogen-bond donors (Lipinski definition) is 2. The molecular formula is C23H22N8O2. The first-order chi connectivity index (χ1) is 16.0. The fraction of sp³-hybridized carbons (Fsp3) is 0.217. The van der Waals surface area contributed by atoms with E-state index in [-0.39, 0.29) is 11.8 Å². The summed E-state index contributed by atoms with van der Waals surface area (Å²) in [7, 11) is 0. The Labute approximate surface area is 189 Å². The minimum absolute atomic E-state index is 0.215. The monoisotopic (exact) mass is 442 g/mol. The third-order valence-corrected chi connectivity index (χ3v) is 5.56. The maximum atomic E-state index is 12.7. The SMILES string of the molecule is Cc1cn(-c2cccnc2)nc1NC(=O)C1CC1C(=O)Nc1nn(-c2cccnc2)cc1C. The number of carbonyl (C=O) groups is 2. The molecule has 2 N–H and O–H groups in total. The average molecular weight is 442 g/mol. The molecule has 10 nitrogen and oxygen atoms in total. The van der Waals surface area contributed by atoms with Crippen LogP contribution in [0.3, 0.4) is 0 Å². The molecule has 166 valence electrons. The number of amides is 2. The normalized spacial score (nSPS) is 16.9. The summed E-state index contributed by atoms with van der Waals surface area (Å²) in [6, 6.07) is 7.40. The summed E-state index contributed by atoms with van der Waals surface area (Å²) < 4.78 is 3.33. The number of aromatic nitrogens is 6. The lowest BCUT2D eigenvalue weighted by Gasteiger charge is -2.04. The highest BCUT2D eigenvalue weighted by Gasteiger charge is 2.48. The first-order valence-electron chi connectivity index (χ1n) is 10.5. The van der Waals surface area contributed by atoms with Crippen LogP contribution in [0.1, 0.15) is 17.5 Å². The highest BCUT2D eigenvalue weighted by molar-refractivity contribution is 6.03. The Bertz CT molecular complexity index is 1210. The lowest BCUT2D eigenvalue weighted by molar-refractivity contribution is -0.122. The van der Waals surface area contributed by atoms with Crippen LogP contribution >= 0.6 is 0 Å². The average Bonchev–Trinajstić information content (AvgIpc) is 3.45. The molecule has 0 aromatic carbocycles. The summed E-state index contributed by atoms with van der Waals surface area (Å²) in [5, 5.41) is 14.6. The minimum atomic E-state index is -0.395. The molecule has 4 aromatic heterocycles. The molecule has 4 heterocycles. The summed E-state index contributed by atoms with van der Waals surface area (Å²) in [6.45, 7) is 3.74. The molecule has 33 heavy (non-hydrogen) atoms. The topological polar surface area (TPSA) is 120 Å². The van der Waals surface area contributed by atoms with Crippen molar-refractivity contribution in [3.05, 3.63) is 72.6 Å². The van der Waals surface area contributed by atoms with E-state index in [0.717, 1.165) is 22.5 Å². The molecule has 0 spiro atoms. The highest BCUT2D eigenvalue weighted by Crippen LogP contribution is 2.40. The molecule has 5 rings (SSSR count). The Morgan fingerprint density at radius 3 is 1.67 bits per heavy atom. The van der Waals surface area contributed by atoms with Crippen molar-refractivity contribution < 1.29 is 9.59 Å². The van der Waals surface area contributed by atoms with Crippen LogP contribution in [0.2, 0.25) is 0 Å². The predicted molar refractivity (Wildman–Crippen MR) is 121 cm³/mol. The van der Waals surface area contributed by atoms with Crippen molar-refractivity contribution in [3.63, 3.8) is 0 Å². The van der Waals surface area contributed by atoms with Gasteiger partial charge in [0.05, 0.1) is 35.6 Å². The molecule has 10 heteroatoms. The second-order valence-corrected chi connectivity index (χ2v) is 8.06. The highest BCUT2D eigenvalue weighted by atomic mass is 16.2. The van der Waals surface area contributed by atoms with Crippen LogP contribution < -0.4 is 10.6 Å². The van der Waals surface area contributed by atoms with Gasteiger partial charge in [0.15, 0.2) is 11.6 Å². The number of rotatable bonds is 6. The second-order valence-electron chi connectivity index (χ2n) is 8.06. The van der Waals surface area contributed by atoms with Crippen LogP contribution in [-0.2, 0) is 9.59 Å². The van der Waals surface area contributed by atoms with Gasteiger partial charge in [-0.3, -0.25) is 19.6 Å². The van der Waals surface area contributed by atoms with Crippen molar-refractivity contribution in [2.45, 2.75) is 20.3 Å². The number of aryl methyl sites for hydroxylation is 2. The third-order valence-electron chi connectivity index (χ3n) is 5.56. The predicted octanol–water partition coefficient (Wildman–Crippen LogP) is 2.68. The van der Waals surface area contributed by atoms with Gasteiger partial charge in [0, 0.05) is 35.9 Å². The van der Waals surface area contributed by atoms with E-state index in [4.69, 9.17) is 0 Å². The fourth-order valence-electron chi connectivity index (χ4n) is 3.60. The van der Waals surface area contributed by atoms with Gasteiger partial charge in [-0.25, -0.2) is 9.36 Å². The fourth-order valence-corrected chi connectivity index (χ4v) is 3.60. The zero-order chi connectivity index (χ0) is 22.9. The van der Waals surface area contributed by atoms with Crippen molar-refractivity contribution in [3.8, 4) is 11.4 Å². The maximum Gasteiger partial charge on any atom is 0.229 e. The number of nitrogens with zero attached hydrogens (tertiary/aromatic N) is 6. The summed E-state index contributed by atoms with van der Waals surface area (Å²) >= 11 is 0. The van der Waals surface area contributed by atoms with E-state index in [1.165, 1.54) is 0 Å². The van der Waals surface area contributed by atoms with Crippen LogP contribution in [0.15, 0.2) is 61.4 Å². The van der Waals surface area contributed by atoms with Crippen molar-refractivity contribution >= 4 is 23.5 Å². The Morgan fingerprint density at radius 1 is 0.818 bits per heavy atom. The summed E-state index contributed by atoms with van der Waals surface area (Å²) in [4.78, 5) is 33.6. The van der Waals surface area contributed by atoms with Crippen molar-refractivity contribution in [2.24, 2.45) is 11.8 Å². The Balaban J connectivity index is 1.21. The van der Waals surface area contributed by atoms with Crippen LogP contribution in [0.5, 0.6) is 0 Å². The Hall–Kier alpha value is -4.34. The molecule has 2 atom stereocenters. The zero-order valence-corrected chi connectivity index (χ0v) is 18.1. The molecule has 1 saturated carbocycles. The van der Waals surface area contributed by atoms with Crippen LogP contribution in [0, 0.1) is 25.7 Å². The molecule has 1 aliphatic carbocycles. The molecule has 4 aromatic rings. The number of hydrogen-bond acceptors (Lipinski definition) is 6. The summed E-state index contributed by atoms with van der Waals surface area (Å²) in [6.07, 6.45) is 10.9. The first-order valence-corrected chi connectivity index (χ1v) is 10.5. The first kappa shape index (κ1) is 20.6. The number of carbonyl (C=O) groups excluding carboxylic acids is 2. The lowest BCUT2D eigenvalue weighted by Crippen LogP contribution is -2.21. The molecule has 0 saturated heterocycles. The molecule has 2 unspecified atom stereocenters. The minimum Gasteiger partial charge on any atom is -0.309 e. The van der Waals surface area contributed by atoms with E-state index in [9.17, 15) is 9.59 Å². The van der Waals surface area contributed by atoms with Gasteiger partial charge in [-0.05, 0) is 44.5 Å². The van der Waals surface area contributed by atoms with Gasteiger partial charge in [-0.2, -0.15) is 0 Å². The number of pyridine rings is 2. The molecule has 0 aliphatic heterocycles. The van der Waals surface area contributed by atoms with Crippen LogP contribution in [0.4, 0.5) is 11.6 Å². The molecular weight excluding hydrogens is 420 g/mol. The van der Waals surface area contributed by atoms with Crippen molar-refractivity contribution in [1.82, 2.24) is 29.5 Å². The van der Waals surface area contributed by atoms with E-state index in [1.807, 2.05) is 50.5 Å². The van der Waals surface area contributed by atoms with Gasteiger partial charge in [0.2, 0.25) is 11.8 Å². The van der Waals surface area contributed by atoms with Crippen LogP contribution in [-0.4, -0.2) is 41.3 Å². The molecule has 0 bridgehead atoms. The van der Waals surface area contributed by atoms with Gasteiger partial charge in [0.25, 0.3) is 0 Å². The van der Waals surface area contributed by atoms with E-state index in [0.29, 0.717) is 18.1 Å². The standard InChI is InChI=1S/C23H22N8O2/c1-14-12-30(16-5-3-7-24-10-16)28-20(14)26-22(32)18-9-19(18)23(33)27-21-15(2)13-31(29-21)17-6-4-8-25-11-17/h3-8,10-13,18-19H,9H2,1-2H3,(H,26,28,32)(H,27,29,33). The Morgan fingerprint density at radius 2 is 1.27 bits per heavy atom. The van der Waals surface area contributed by atoms with E-state index in [1.54, 1.807) is 34.2 Å². The summed E-state index contributed by atoms with van der Waals surface area (Å²) in [5.74, 6) is -0.274. The summed E-state index contributed by atoms with van der Waals surface area (Å²) in [5.41, 5.74) is 3.24. The molecule has 0 radical (unpaired) electrons. The lowest BCUT2D eigenvalue weighted by atomic mass is 10.2. The second kappa shape index (κ2) is 8.30. The number of anilines is 2. The zero-order valence-electron chi connectivity index (χ0n) is 18.1. The third kappa shape index (κ3) is 4.22. The van der Waals surface area contributed by atoms with Gasteiger partial charge < -0.3 is 10.6 Å². The van der Waals surface area contributed by atoms with Gasteiger partial charge >= 0.3 is 0 Å². The van der Waals surface area contributed by atoms with Gasteiger partial charge in [-0.1, -0.05) is 0 Å². The van der Waals surface area contributed by atoms with E-state index < -0.39 is 11.8 Å². The van der Waals surface area contributed by atoms with E-state index in [2.05, 4.69) is 30.8 Å².